The first-order valence-electron chi connectivity index (χ1n) is 11.9. The van der Waals surface area contributed by atoms with Crippen molar-refractivity contribution in [1.29, 1.82) is 0 Å². The maximum absolute atomic E-state index is 13.1. The van der Waals surface area contributed by atoms with Gasteiger partial charge in [-0.1, -0.05) is 36.4 Å². The Bertz CT molecular complexity index is 1320. The van der Waals surface area contributed by atoms with Crippen molar-refractivity contribution < 1.29 is 14.4 Å². The number of rotatable bonds is 5. The molecule has 0 spiro atoms. The Labute approximate surface area is 197 Å². The number of nitrogens with zero attached hydrogens (tertiary/aromatic N) is 3. The summed E-state index contributed by atoms with van der Waals surface area (Å²) in [6.45, 7) is 0.358. The highest BCUT2D eigenvalue weighted by Crippen LogP contribution is 2.38. The predicted molar refractivity (Wildman–Crippen MR) is 127 cm³/mol. The van der Waals surface area contributed by atoms with Crippen LogP contribution in [0.5, 0.6) is 0 Å². The van der Waals surface area contributed by atoms with Crippen LogP contribution in [0.4, 0.5) is 0 Å². The minimum Gasteiger partial charge on any atom is -0.331 e. The van der Waals surface area contributed by atoms with Crippen molar-refractivity contribution in [3.05, 3.63) is 65.5 Å². The van der Waals surface area contributed by atoms with Gasteiger partial charge in [-0.2, -0.15) is 0 Å². The van der Waals surface area contributed by atoms with E-state index in [1.54, 1.807) is 4.90 Å². The lowest BCUT2D eigenvalue weighted by Gasteiger charge is -2.29. The normalized spacial score (nSPS) is 20.0. The quantitative estimate of drug-likeness (QED) is 0.599. The first-order chi connectivity index (χ1) is 16.5. The molecule has 3 aromatic rings. The van der Waals surface area contributed by atoms with E-state index in [0.29, 0.717) is 18.5 Å². The third-order valence-corrected chi connectivity index (χ3v) is 7.20. The van der Waals surface area contributed by atoms with Crippen molar-refractivity contribution in [2.75, 3.05) is 0 Å². The topological polar surface area (TPSA) is 84.3 Å². The van der Waals surface area contributed by atoms with Crippen LogP contribution < -0.4 is 5.32 Å². The highest BCUT2D eigenvalue weighted by atomic mass is 16.2. The van der Waals surface area contributed by atoms with E-state index < -0.39 is 11.9 Å². The van der Waals surface area contributed by atoms with E-state index in [2.05, 4.69) is 29.1 Å². The Morgan fingerprint density at radius 1 is 1.00 bits per heavy atom. The average Bonchev–Trinajstić information content (AvgIpc) is 3.52. The van der Waals surface area contributed by atoms with Gasteiger partial charge in [-0.25, -0.2) is 4.98 Å². The first kappa shape index (κ1) is 20.8. The van der Waals surface area contributed by atoms with Crippen molar-refractivity contribution in [2.24, 2.45) is 13.0 Å². The molecular formula is C27H26N4O3. The maximum atomic E-state index is 13.1. The van der Waals surface area contributed by atoms with E-state index >= 15 is 0 Å². The lowest BCUT2D eigenvalue weighted by Crippen LogP contribution is -2.52. The molecule has 1 aromatic heterocycles. The highest BCUT2D eigenvalue weighted by molar-refractivity contribution is 6.05. The van der Waals surface area contributed by atoms with Crippen molar-refractivity contribution in [2.45, 2.75) is 44.7 Å². The summed E-state index contributed by atoms with van der Waals surface area (Å²) in [5.41, 5.74) is 5.57. The van der Waals surface area contributed by atoms with Gasteiger partial charge in [0.15, 0.2) is 0 Å². The zero-order chi connectivity index (χ0) is 23.4. The number of aromatic nitrogens is 2. The summed E-state index contributed by atoms with van der Waals surface area (Å²) in [7, 11) is 2.08. The minimum atomic E-state index is -0.610. The molecule has 1 aliphatic carbocycles. The molecule has 0 bridgehead atoms. The monoisotopic (exact) mass is 454 g/mol. The molecule has 7 nitrogen and oxygen atoms in total. The van der Waals surface area contributed by atoms with Gasteiger partial charge in [0.2, 0.25) is 11.8 Å². The van der Waals surface area contributed by atoms with E-state index in [0.717, 1.165) is 46.2 Å². The number of hydrogen-bond acceptors (Lipinski definition) is 4. The van der Waals surface area contributed by atoms with Gasteiger partial charge in [-0.3, -0.25) is 19.7 Å². The summed E-state index contributed by atoms with van der Waals surface area (Å²) in [5, 5.41) is 2.36. The molecule has 3 amide bonds. The molecular weight excluding hydrogens is 428 g/mol. The van der Waals surface area contributed by atoms with Crippen LogP contribution in [0.25, 0.3) is 22.5 Å². The number of nitrogens with one attached hydrogen (secondary N) is 1. The van der Waals surface area contributed by atoms with Gasteiger partial charge in [0.25, 0.3) is 5.91 Å². The first-order valence-corrected chi connectivity index (χ1v) is 11.9. The molecule has 0 radical (unpaired) electrons. The molecule has 2 aliphatic heterocycles. The van der Waals surface area contributed by atoms with Crippen LogP contribution in [0.15, 0.2) is 48.5 Å². The van der Waals surface area contributed by atoms with Crippen LogP contribution in [-0.4, -0.2) is 38.2 Å². The Morgan fingerprint density at radius 3 is 2.53 bits per heavy atom. The molecule has 2 aromatic carbocycles. The second kappa shape index (κ2) is 7.94. The van der Waals surface area contributed by atoms with Crippen molar-refractivity contribution >= 4 is 17.7 Å². The Hall–Kier alpha value is -3.74. The van der Waals surface area contributed by atoms with E-state index in [9.17, 15) is 14.4 Å². The molecule has 34 heavy (non-hydrogen) atoms. The molecule has 1 atom stereocenters. The number of imidazole rings is 1. The summed E-state index contributed by atoms with van der Waals surface area (Å²) in [6.07, 6.45) is 4.11. The Kier molecular flexibility index (Phi) is 4.86. The molecule has 1 saturated carbocycles. The fourth-order valence-electron chi connectivity index (χ4n) is 5.16. The molecule has 1 N–H and O–H groups in total. The van der Waals surface area contributed by atoms with Crippen molar-refractivity contribution in [3.8, 4) is 22.5 Å². The zero-order valence-corrected chi connectivity index (χ0v) is 19.1. The third-order valence-electron chi connectivity index (χ3n) is 7.20. The third kappa shape index (κ3) is 3.52. The zero-order valence-electron chi connectivity index (χ0n) is 19.1. The Morgan fingerprint density at radius 2 is 1.79 bits per heavy atom. The summed E-state index contributed by atoms with van der Waals surface area (Å²) in [5.74, 6) is 0.974. The van der Waals surface area contributed by atoms with Crippen LogP contribution in [-0.2, 0) is 29.6 Å². The Balaban J connectivity index is 1.37. The minimum absolute atomic E-state index is 0.158. The second-order valence-corrected chi connectivity index (χ2v) is 9.57. The van der Waals surface area contributed by atoms with E-state index in [1.807, 2.05) is 36.4 Å². The average molecular weight is 455 g/mol. The number of benzene rings is 2. The second-order valence-electron chi connectivity index (χ2n) is 9.57. The van der Waals surface area contributed by atoms with Crippen LogP contribution in [0.3, 0.4) is 0 Å². The highest BCUT2D eigenvalue weighted by Gasteiger charge is 2.39. The van der Waals surface area contributed by atoms with E-state index in [-0.39, 0.29) is 18.2 Å². The lowest BCUT2D eigenvalue weighted by molar-refractivity contribution is -0.136. The number of carbonyl (C=O) groups excluding carboxylic acids is 3. The van der Waals surface area contributed by atoms with Gasteiger partial charge >= 0.3 is 0 Å². The predicted octanol–water partition coefficient (Wildman–Crippen LogP) is 3.47. The van der Waals surface area contributed by atoms with E-state index in [1.165, 1.54) is 12.8 Å². The lowest BCUT2D eigenvalue weighted by atomic mass is 10.0. The number of carbonyl (C=O) groups is 3. The van der Waals surface area contributed by atoms with Crippen LogP contribution >= 0.6 is 0 Å². The number of fused-ring (bicyclic) bond motifs is 1. The van der Waals surface area contributed by atoms with Crippen molar-refractivity contribution in [3.63, 3.8) is 0 Å². The van der Waals surface area contributed by atoms with Gasteiger partial charge in [0.1, 0.15) is 11.9 Å². The molecule has 3 heterocycles. The van der Waals surface area contributed by atoms with Gasteiger partial charge in [0, 0.05) is 43.1 Å². The number of amides is 3. The maximum Gasteiger partial charge on any atom is 0.255 e. The standard InChI is InChI=1S/C27H26N4O3/c1-30-22(13-16-7-8-16)28-24(25(30)17-5-3-2-4-6-17)18-9-10-20-19(14-18)15-31(27(20)34)21-11-12-23(32)29-26(21)33/h2-6,9-10,14,16,21H,7-8,11-13,15H2,1H3,(H,29,32,33). The summed E-state index contributed by atoms with van der Waals surface area (Å²) in [6, 6.07) is 15.5. The van der Waals surface area contributed by atoms with Gasteiger partial charge in [-0.15, -0.1) is 0 Å². The molecule has 172 valence electrons. The number of hydrogen-bond donors (Lipinski definition) is 1. The van der Waals surface area contributed by atoms with E-state index in [4.69, 9.17) is 4.98 Å². The van der Waals surface area contributed by atoms with Crippen LogP contribution in [0.1, 0.15) is 47.4 Å². The summed E-state index contributed by atoms with van der Waals surface area (Å²) in [4.78, 5) is 43.7. The van der Waals surface area contributed by atoms with Gasteiger partial charge in [-0.05, 0) is 42.9 Å². The fraction of sp³-hybridized carbons (Fsp3) is 0.333. The molecule has 6 rings (SSSR count). The van der Waals surface area contributed by atoms with Gasteiger partial charge < -0.3 is 9.47 Å². The van der Waals surface area contributed by atoms with Crippen LogP contribution in [0, 0.1) is 5.92 Å². The largest absolute Gasteiger partial charge is 0.331 e. The molecule has 1 saturated heterocycles. The summed E-state index contributed by atoms with van der Waals surface area (Å²) < 4.78 is 2.21. The van der Waals surface area contributed by atoms with Gasteiger partial charge in [0.05, 0.1) is 11.4 Å². The van der Waals surface area contributed by atoms with Crippen molar-refractivity contribution in [1.82, 2.24) is 19.8 Å². The number of piperidine rings is 1. The van der Waals surface area contributed by atoms with Crippen LogP contribution in [0.2, 0.25) is 0 Å². The smallest absolute Gasteiger partial charge is 0.255 e. The molecule has 7 heteroatoms. The summed E-state index contributed by atoms with van der Waals surface area (Å²) >= 11 is 0. The number of imide groups is 1. The fourth-order valence-corrected chi connectivity index (χ4v) is 5.16. The molecule has 1 unspecified atom stereocenters. The molecule has 2 fully saturated rings. The SMILES string of the molecule is Cn1c(CC2CC2)nc(-c2ccc3c(c2)CN(C2CCC(=O)NC2=O)C3=O)c1-c1ccccc1. The molecule has 3 aliphatic rings.